The molecule has 6 N–H and O–H groups in total. The van der Waals surface area contributed by atoms with Crippen molar-refractivity contribution in [3.05, 3.63) is 106 Å². The molecule has 0 unspecified atom stereocenters. The second-order valence-electron chi connectivity index (χ2n) is 7.47. The molecule has 0 bridgehead atoms. The Morgan fingerprint density at radius 1 is 0.655 bits per heavy atom. The van der Waals surface area contributed by atoms with E-state index in [2.05, 4.69) is 25.1 Å². The Morgan fingerprint density at radius 3 is 1.48 bits per heavy atom. The van der Waals surface area contributed by atoms with E-state index in [1.807, 2.05) is 48.5 Å². The van der Waals surface area contributed by atoms with Crippen LogP contribution in [0, 0.1) is 17.7 Å². The third-order valence-electron chi connectivity index (χ3n) is 5.18. The van der Waals surface area contributed by atoms with Crippen molar-refractivity contribution in [3.63, 3.8) is 0 Å². The SMILES string of the molecule is Cc1cc(CCc2ccccc2C(=N)N)cc(CCc2ccccc2C(=N)N)c1. The Bertz CT molecular complexity index is 957. The van der Waals surface area contributed by atoms with Crippen LogP contribution in [0.5, 0.6) is 0 Å². The fourth-order valence-electron chi connectivity index (χ4n) is 3.80. The second kappa shape index (κ2) is 9.20. The number of rotatable bonds is 8. The lowest BCUT2D eigenvalue weighted by Gasteiger charge is -2.12. The summed E-state index contributed by atoms with van der Waals surface area (Å²) in [5.74, 6) is 0.240. The Morgan fingerprint density at radius 2 is 1.07 bits per heavy atom. The van der Waals surface area contributed by atoms with E-state index in [0.717, 1.165) is 47.9 Å². The topological polar surface area (TPSA) is 99.7 Å². The maximum absolute atomic E-state index is 7.77. The molecular formula is C25H28N4. The van der Waals surface area contributed by atoms with Crippen molar-refractivity contribution in [2.24, 2.45) is 11.5 Å². The first-order valence-electron chi connectivity index (χ1n) is 9.88. The van der Waals surface area contributed by atoms with Crippen molar-refractivity contribution < 1.29 is 0 Å². The average Bonchev–Trinajstić information content (AvgIpc) is 2.70. The number of hydrogen-bond acceptors (Lipinski definition) is 2. The van der Waals surface area contributed by atoms with Crippen LogP contribution in [-0.2, 0) is 25.7 Å². The van der Waals surface area contributed by atoms with Gasteiger partial charge in [0.15, 0.2) is 0 Å². The lowest BCUT2D eigenvalue weighted by molar-refractivity contribution is 0.924. The van der Waals surface area contributed by atoms with Gasteiger partial charge in [0.25, 0.3) is 0 Å². The van der Waals surface area contributed by atoms with Gasteiger partial charge in [-0.1, -0.05) is 72.3 Å². The molecule has 0 aliphatic heterocycles. The van der Waals surface area contributed by atoms with Crippen LogP contribution in [0.2, 0.25) is 0 Å². The molecule has 4 nitrogen and oxygen atoms in total. The predicted molar refractivity (Wildman–Crippen MR) is 121 cm³/mol. The summed E-state index contributed by atoms with van der Waals surface area (Å²) in [5, 5.41) is 15.5. The van der Waals surface area contributed by atoms with Crippen molar-refractivity contribution in [1.82, 2.24) is 0 Å². The molecule has 0 aliphatic carbocycles. The van der Waals surface area contributed by atoms with E-state index in [-0.39, 0.29) is 11.7 Å². The monoisotopic (exact) mass is 384 g/mol. The first-order valence-corrected chi connectivity index (χ1v) is 9.88. The molecule has 0 saturated heterocycles. The predicted octanol–water partition coefficient (Wildman–Crippen LogP) is 4.13. The fraction of sp³-hybridized carbons (Fsp3) is 0.200. The van der Waals surface area contributed by atoms with Gasteiger partial charge in [0, 0.05) is 11.1 Å². The van der Waals surface area contributed by atoms with Crippen molar-refractivity contribution in [1.29, 1.82) is 10.8 Å². The minimum Gasteiger partial charge on any atom is -0.384 e. The number of nitrogens with two attached hydrogens (primary N) is 2. The summed E-state index contributed by atoms with van der Waals surface area (Å²) < 4.78 is 0. The summed E-state index contributed by atoms with van der Waals surface area (Å²) in [6.07, 6.45) is 3.52. The zero-order chi connectivity index (χ0) is 20.8. The van der Waals surface area contributed by atoms with Crippen molar-refractivity contribution >= 4 is 11.7 Å². The molecule has 0 aromatic heterocycles. The molecule has 0 atom stereocenters. The molecule has 0 spiro atoms. The van der Waals surface area contributed by atoms with E-state index < -0.39 is 0 Å². The lowest BCUT2D eigenvalue weighted by Crippen LogP contribution is -2.14. The molecule has 3 aromatic rings. The number of nitrogen functional groups attached to an aromatic ring is 2. The minimum atomic E-state index is 0.120. The van der Waals surface area contributed by atoms with Crippen LogP contribution in [-0.4, -0.2) is 11.7 Å². The molecule has 3 rings (SSSR count). The molecule has 0 saturated carbocycles. The van der Waals surface area contributed by atoms with E-state index in [1.165, 1.54) is 16.7 Å². The van der Waals surface area contributed by atoms with Gasteiger partial charge in [-0.3, -0.25) is 10.8 Å². The molecule has 0 heterocycles. The summed E-state index contributed by atoms with van der Waals surface area (Å²) in [6, 6.07) is 22.5. The highest BCUT2D eigenvalue weighted by Crippen LogP contribution is 2.18. The highest BCUT2D eigenvalue weighted by Gasteiger charge is 2.08. The van der Waals surface area contributed by atoms with Gasteiger partial charge in [-0.05, 0) is 54.9 Å². The Labute approximate surface area is 172 Å². The number of benzene rings is 3. The smallest absolute Gasteiger partial charge is 0.123 e. The van der Waals surface area contributed by atoms with Crippen LogP contribution >= 0.6 is 0 Å². The zero-order valence-corrected chi connectivity index (χ0v) is 16.8. The average molecular weight is 385 g/mol. The van der Waals surface area contributed by atoms with E-state index in [1.54, 1.807) is 0 Å². The van der Waals surface area contributed by atoms with Gasteiger partial charge in [-0.2, -0.15) is 0 Å². The fourth-order valence-corrected chi connectivity index (χ4v) is 3.80. The van der Waals surface area contributed by atoms with Crippen molar-refractivity contribution in [3.8, 4) is 0 Å². The number of hydrogen-bond donors (Lipinski definition) is 4. The standard InChI is InChI=1S/C25H28N4/c1-17-14-18(10-12-20-6-2-4-8-22(20)24(26)27)16-19(15-17)11-13-21-7-3-5-9-23(21)25(28)29/h2-9,14-16H,10-13H2,1H3,(H3,26,27)(H3,28,29). The number of nitrogens with one attached hydrogen (secondary N) is 2. The third-order valence-corrected chi connectivity index (χ3v) is 5.18. The summed E-state index contributed by atoms with van der Waals surface area (Å²) in [5.41, 5.74) is 19.1. The molecule has 0 aliphatic rings. The molecular weight excluding hydrogens is 356 g/mol. The Kier molecular flexibility index (Phi) is 6.45. The molecule has 29 heavy (non-hydrogen) atoms. The summed E-state index contributed by atoms with van der Waals surface area (Å²) in [6.45, 7) is 2.13. The van der Waals surface area contributed by atoms with E-state index >= 15 is 0 Å². The molecule has 0 fully saturated rings. The first kappa shape index (κ1) is 20.3. The van der Waals surface area contributed by atoms with Gasteiger partial charge < -0.3 is 11.5 Å². The number of aryl methyl sites for hydroxylation is 5. The minimum absolute atomic E-state index is 0.120. The van der Waals surface area contributed by atoms with Gasteiger partial charge in [-0.15, -0.1) is 0 Å². The van der Waals surface area contributed by atoms with E-state index in [9.17, 15) is 0 Å². The van der Waals surface area contributed by atoms with Gasteiger partial charge in [-0.25, -0.2) is 0 Å². The van der Waals surface area contributed by atoms with Gasteiger partial charge >= 0.3 is 0 Å². The maximum Gasteiger partial charge on any atom is 0.123 e. The van der Waals surface area contributed by atoms with Gasteiger partial charge in [0.05, 0.1) is 0 Å². The van der Waals surface area contributed by atoms with Crippen molar-refractivity contribution in [2.75, 3.05) is 0 Å². The largest absolute Gasteiger partial charge is 0.384 e. The normalized spacial score (nSPS) is 10.7. The van der Waals surface area contributed by atoms with E-state index in [0.29, 0.717) is 0 Å². The molecule has 4 heteroatoms. The highest BCUT2D eigenvalue weighted by molar-refractivity contribution is 5.96. The summed E-state index contributed by atoms with van der Waals surface area (Å²) >= 11 is 0. The summed E-state index contributed by atoms with van der Waals surface area (Å²) in [7, 11) is 0. The van der Waals surface area contributed by atoms with Gasteiger partial charge in [0.2, 0.25) is 0 Å². The number of amidine groups is 2. The van der Waals surface area contributed by atoms with Crippen LogP contribution in [0.15, 0.2) is 66.7 Å². The quantitative estimate of drug-likeness (QED) is 0.347. The van der Waals surface area contributed by atoms with E-state index in [4.69, 9.17) is 22.3 Å². The van der Waals surface area contributed by atoms with Crippen LogP contribution in [0.1, 0.15) is 38.9 Å². The Hall–Kier alpha value is -3.40. The maximum atomic E-state index is 7.77. The molecule has 0 amide bonds. The van der Waals surface area contributed by atoms with Crippen LogP contribution in [0.25, 0.3) is 0 Å². The lowest BCUT2D eigenvalue weighted by atomic mass is 9.94. The Balaban J connectivity index is 1.72. The molecule has 148 valence electrons. The third kappa shape index (κ3) is 5.32. The summed E-state index contributed by atoms with van der Waals surface area (Å²) in [4.78, 5) is 0. The van der Waals surface area contributed by atoms with Crippen LogP contribution < -0.4 is 11.5 Å². The second-order valence-corrected chi connectivity index (χ2v) is 7.47. The highest BCUT2D eigenvalue weighted by atomic mass is 14.7. The first-order chi connectivity index (χ1) is 13.9. The van der Waals surface area contributed by atoms with Crippen LogP contribution in [0.3, 0.4) is 0 Å². The van der Waals surface area contributed by atoms with Gasteiger partial charge in [0.1, 0.15) is 11.7 Å². The molecule has 3 aromatic carbocycles. The zero-order valence-electron chi connectivity index (χ0n) is 16.8. The molecule has 0 radical (unpaired) electrons. The van der Waals surface area contributed by atoms with Crippen LogP contribution in [0.4, 0.5) is 0 Å². The van der Waals surface area contributed by atoms with Crippen molar-refractivity contribution in [2.45, 2.75) is 32.6 Å².